The fourth-order valence-electron chi connectivity index (χ4n) is 2.16. The molecule has 1 aliphatic rings. The molecular formula is C15H18FNO6. The molecule has 0 aromatic heterocycles. The van der Waals surface area contributed by atoms with Crippen molar-refractivity contribution in [1.82, 2.24) is 5.32 Å². The Morgan fingerprint density at radius 1 is 1.30 bits per heavy atom. The molecule has 1 aromatic rings. The van der Waals surface area contributed by atoms with Gasteiger partial charge < -0.3 is 24.6 Å². The van der Waals surface area contributed by atoms with Crippen LogP contribution in [0.15, 0.2) is 24.3 Å². The van der Waals surface area contributed by atoms with Crippen LogP contribution < -0.4 is 10.1 Å². The lowest BCUT2D eigenvalue weighted by Gasteiger charge is -2.31. The van der Waals surface area contributed by atoms with E-state index in [0.29, 0.717) is 18.8 Å². The molecule has 0 bridgehead atoms. The largest absolute Gasteiger partial charge is 0.484 e. The smallest absolute Gasteiger partial charge is 0.329 e. The number of halogens is 1. The second-order valence-corrected chi connectivity index (χ2v) is 5.02. The minimum absolute atomic E-state index is 0.242. The van der Waals surface area contributed by atoms with Crippen LogP contribution in [0.5, 0.6) is 5.75 Å². The van der Waals surface area contributed by atoms with Crippen molar-refractivity contribution in [2.45, 2.75) is 18.6 Å². The van der Waals surface area contributed by atoms with Gasteiger partial charge in [-0.25, -0.2) is 9.18 Å². The Morgan fingerprint density at radius 3 is 2.74 bits per heavy atom. The van der Waals surface area contributed by atoms with Crippen molar-refractivity contribution < 1.29 is 33.3 Å². The predicted molar refractivity (Wildman–Crippen MR) is 76.6 cm³/mol. The zero-order chi connectivity index (χ0) is 16.7. The molecule has 1 aromatic carbocycles. The van der Waals surface area contributed by atoms with Gasteiger partial charge in [0.15, 0.2) is 6.61 Å². The van der Waals surface area contributed by atoms with Gasteiger partial charge in [0.25, 0.3) is 5.91 Å². The summed E-state index contributed by atoms with van der Waals surface area (Å²) < 4.78 is 28.5. The minimum Gasteiger partial charge on any atom is -0.484 e. The molecule has 0 radical (unpaired) electrons. The summed E-state index contributed by atoms with van der Waals surface area (Å²) in [5, 5.41) is 11.3. The maximum Gasteiger partial charge on any atom is 0.329 e. The lowest BCUT2D eigenvalue weighted by atomic mass is 10.1. The van der Waals surface area contributed by atoms with E-state index in [-0.39, 0.29) is 19.0 Å². The molecule has 0 spiro atoms. The third-order valence-corrected chi connectivity index (χ3v) is 3.24. The van der Waals surface area contributed by atoms with Crippen LogP contribution in [-0.2, 0) is 19.1 Å². The number of carboxylic acids is 1. The van der Waals surface area contributed by atoms with E-state index in [1.807, 2.05) is 0 Å². The van der Waals surface area contributed by atoms with E-state index in [2.05, 4.69) is 5.32 Å². The van der Waals surface area contributed by atoms with Crippen molar-refractivity contribution in [1.29, 1.82) is 0 Å². The summed E-state index contributed by atoms with van der Waals surface area (Å²) in [5.74, 6) is -1.48. The first-order valence-corrected chi connectivity index (χ1v) is 7.13. The molecular weight excluding hydrogens is 309 g/mol. The molecule has 1 aliphatic heterocycles. The highest BCUT2D eigenvalue weighted by molar-refractivity contribution is 5.78. The summed E-state index contributed by atoms with van der Waals surface area (Å²) >= 11 is 0. The molecule has 0 saturated carbocycles. The topological polar surface area (TPSA) is 94.1 Å². The Balaban J connectivity index is 1.79. The van der Waals surface area contributed by atoms with Gasteiger partial charge in [-0.3, -0.25) is 4.79 Å². The van der Waals surface area contributed by atoms with Crippen molar-refractivity contribution in [2.24, 2.45) is 0 Å². The van der Waals surface area contributed by atoms with Gasteiger partial charge in [0.05, 0.1) is 18.8 Å². The summed E-state index contributed by atoms with van der Waals surface area (Å²) in [6, 6.07) is 4.87. The van der Waals surface area contributed by atoms with E-state index < -0.39 is 30.6 Å². The third-order valence-electron chi connectivity index (χ3n) is 3.24. The van der Waals surface area contributed by atoms with Crippen LogP contribution in [0.25, 0.3) is 0 Å². The molecule has 1 heterocycles. The maximum atomic E-state index is 12.8. The molecule has 0 unspecified atom stereocenters. The highest BCUT2D eigenvalue weighted by atomic mass is 19.1. The van der Waals surface area contributed by atoms with Gasteiger partial charge in [0, 0.05) is 6.61 Å². The van der Waals surface area contributed by atoms with Crippen LogP contribution >= 0.6 is 0 Å². The highest BCUT2D eigenvalue weighted by Gasteiger charge is 2.28. The van der Waals surface area contributed by atoms with E-state index in [0.717, 1.165) is 0 Å². The Bertz CT molecular complexity index is 535. The summed E-state index contributed by atoms with van der Waals surface area (Å²) in [7, 11) is 0. The average molecular weight is 327 g/mol. The van der Waals surface area contributed by atoms with E-state index in [4.69, 9.17) is 19.3 Å². The Hall–Kier alpha value is -2.19. The van der Waals surface area contributed by atoms with E-state index in [1.54, 1.807) is 0 Å². The number of hydrogen-bond acceptors (Lipinski definition) is 5. The number of nitrogens with one attached hydrogen (secondary N) is 1. The average Bonchev–Trinajstić information content (AvgIpc) is 2.53. The van der Waals surface area contributed by atoms with Gasteiger partial charge in [-0.15, -0.1) is 0 Å². The minimum atomic E-state index is -1.07. The predicted octanol–water partition coefficient (Wildman–Crippen LogP) is 0.579. The van der Waals surface area contributed by atoms with Gasteiger partial charge in [-0.1, -0.05) is 0 Å². The molecule has 2 rings (SSSR count). The second-order valence-electron chi connectivity index (χ2n) is 5.02. The van der Waals surface area contributed by atoms with Gasteiger partial charge >= 0.3 is 5.97 Å². The van der Waals surface area contributed by atoms with Crippen LogP contribution in [0.3, 0.4) is 0 Å². The van der Waals surface area contributed by atoms with Gasteiger partial charge in [-0.2, -0.15) is 0 Å². The van der Waals surface area contributed by atoms with Crippen molar-refractivity contribution >= 4 is 11.9 Å². The van der Waals surface area contributed by atoms with Crippen molar-refractivity contribution in [3.05, 3.63) is 30.1 Å². The summed E-state index contributed by atoms with van der Waals surface area (Å²) in [6.07, 6.45) is 0.0754. The number of carbonyl (C=O) groups excluding carboxylic acids is 1. The third kappa shape index (κ3) is 5.84. The van der Waals surface area contributed by atoms with E-state index in [1.165, 1.54) is 24.3 Å². The molecule has 7 nitrogen and oxygen atoms in total. The standard InChI is InChI=1S/C15H18FNO6/c16-10-1-3-11(4-2-10)22-8-14(18)17-12-7-21-6-5-13(12)23-9-15(19)20/h1-4,12-13H,5-9H2,(H,17,18)(H,19,20)/t12-,13+/m0/s1. The molecule has 2 N–H and O–H groups in total. The molecule has 2 atom stereocenters. The molecule has 23 heavy (non-hydrogen) atoms. The monoisotopic (exact) mass is 327 g/mol. The molecule has 126 valence electrons. The van der Waals surface area contributed by atoms with E-state index in [9.17, 15) is 14.0 Å². The number of amides is 1. The van der Waals surface area contributed by atoms with Crippen molar-refractivity contribution in [3.8, 4) is 5.75 Å². The molecule has 1 saturated heterocycles. The summed E-state index contributed by atoms with van der Waals surface area (Å²) in [5.41, 5.74) is 0. The molecule has 8 heteroatoms. The Kier molecular flexibility index (Phi) is 6.30. The number of rotatable bonds is 7. The molecule has 0 aliphatic carbocycles. The fourth-order valence-corrected chi connectivity index (χ4v) is 2.16. The SMILES string of the molecule is O=C(O)CO[C@@H]1CCOC[C@@H]1NC(=O)COc1ccc(F)cc1. The van der Waals surface area contributed by atoms with E-state index >= 15 is 0 Å². The lowest BCUT2D eigenvalue weighted by molar-refractivity contribution is -0.148. The summed E-state index contributed by atoms with van der Waals surface area (Å²) in [6.45, 7) is 0.0200. The highest BCUT2D eigenvalue weighted by Crippen LogP contribution is 2.13. The van der Waals surface area contributed by atoms with Gasteiger partial charge in [-0.05, 0) is 30.7 Å². The number of hydrogen-bond donors (Lipinski definition) is 2. The first-order chi connectivity index (χ1) is 11.0. The van der Waals surface area contributed by atoms with Gasteiger partial charge in [0.1, 0.15) is 18.2 Å². The Labute approximate surface area is 132 Å². The normalized spacial score (nSPS) is 20.7. The quantitative estimate of drug-likeness (QED) is 0.761. The van der Waals surface area contributed by atoms with Crippen LogP contribution in [0.4, 0.5) is 4.39 Å². The zero-order valence-corrected chi connectivity index (χ0v) is 12.4. The second kappa shape index (κ2) is 8.44. The molecule has 1 amide bonds. The number of carboxylic acid groups (broad SMARTS) is 1. The maximum absolute atomic E-state index is 12.8. The van der Waals surface area contributed by atoms with Gasteiger partial charge in [0.2, 0.25) is 0 Å². The first kappa shape index (κ1) is 17.2. The van der Waals surface area contributed by atoms with Crippen molar-refractivity contribution in [3.63, 3.8) is 0 Å². The van der Waals surface area contributed by atoms with Crippen LogP contribution in [0.2, 0.25) is 0 Å². The number of carbonyl (C=O) groups is 2. The number of ether oxygens (including phenoxy) is 3. The number of aliphatic carboxylic acids is 1. The van der Waals surface area contributed by atoms with Crippen molar-refractivity contribution in [2.75, 3.05) is 26.4 Å². The van der Waals surface area contributed by atoms with Crippen LogP contribution in [0, 0.1) is 5.82 Å². The van der Waals surface area contributed by atoms with Crippen LogP contribution in [-0.4, -0.2) is 55.6 Å². The van der Waals surface area contributed by atoms with Crippen LogP contribution in [0.1, 0.15) is 6.42 Å². The summed E-state index contributed by atoms with van der Waals surface area (Å²) in [4.78, 5) is 22.5. The molecule has 1 fully saturated rings. The number of benzene rings is 1. The zero-order valence-electron chi connectivity index (χ0n) is 12.4. The first-order valence-electron chi connectivity index (χ1n) is 7.13. The Morgan fingerprint density at radius 2 is 2.04 bits per heavy atom. The lowest BCUT2D eigenvalue weighted by Crippen LogP contribution is -2.52. The fraction of sp³-hybridized carbons (Fsp3) is 0.467.